The molecule has 5 heteroatoms. The van der Waals surface area contributed by atoms with Gasteiger partial charge in [0, 0.05) is 24.7 Å². The molecule has 0 saturated carbocycles. The molecule has 2 rings (SSSR count). The number of carbonyl (C=O) groups excluding carboxylic acids is 1. The summed E-state index contributed by atoms with van der Waals surface area (Å²) in [6.07, 6.45) is 0.355. The van der Waals surface area contributed by atoms with Crippen LogP contribution in [0.4, 0.5) is 11.4 Å². The van der Waals surface area contributed by atoms with E-state index >= 15 is 0 Å². The van der Waals surface area contributed by atoms with Gasteiger partial charge in [-0.2, -0.15) is 0 Å². The molecule has 0 bridgehead atoms. The van der Waals surface area contributed by atoms with Gasteiger partial charge in [0.1, 0.15) is 11.5 Å². The predicted octanol–water partition coefficient (Wildman–Crippen LogP) is 3.76. The van der Waals surface area contributed by atoms with Gasteiger partial charge in [-0.25, -0.2) is 0 Å². The molecule has 0 fully saturated rings. The van der Waals surface area contributed by atoms with Gasteiger partial charge in [-0.1, -0.05) is 17.7 Å². The number of methoxy groups -OCH3 is 2. The molecule has 0 spiro atoms. The number of aryl methyl sites for hydroxylation is 2. The van der Waals surface area contributed by atoms with Crippen LogP contribution < -0.4 is 20.1 Å². The van der Waals surface area contributed by atoms with Gasteiger partial charge in [-0.15, -0.1) is 0 Å². The third kappa shape index (κ3) is 4.65. The smallest absolute Gasteiger partial charge is 0.226 e. The van der Waals surface area contributed by atoms with E-state index in [9.17, 15) is 4.79 Å². The summed E-state index contributed by atoms with van der Waals surface area (Å²) < 4.78 is 10.4. The van der Waals surface area contributed by atoms with Crippen molar-refractivity contribution in [2.24, 2.45) is 0 Å². The number of nitrogens with one attached hydrogen (secondary N) is 2. The Hall–Kier alpha value is -2.69. The van der Waals surface area contributed by atoms with Crippen molar-refractivity contribution in [1.82, 2.24) is 0 Å². The topological polar surface area (TPSA) is 59.6 Å². The molecule has 5 nitrogen and oxygen atoms in total. The summed E-state index contributed by atoms with van der Waals surface area (Å²) in [4.78, 5) is 12.2. The highest BCUT2D eigenvalue weighted by molar-refractivity contribution is 5.92. The molecule has 0 aliphatic heterocycles. The van der Waals surface area contributed by atoms with Crippen molar-refractivity contribution < 1.29 is 14.3 Å². The molecular formula is C19H24N2O3. The first-order valence-corrected chi connectivity index (χ1v) is 7.86. The van der Waals surface area contributed by atoms with E-state index < -0.39 is 0 Å². The van der Waals surface area contributed by atoms with Crippen LogP contribution in [0, 0.1) is 13.8 Å². The Balaban J connectivity index is 1.91. The number of ether oxygens (including phenoxy) is 2. The van der Waals surface area contributed by atoms with Crippen molar-refractivity contribution in [3.05, 3.63) is 47.5 Å². The summed E-state index contributed by atoms with van der Waals surface area (Å²) in [5, 5.41) is 6.15. The van der Waals surface area contributed by atoms with Crippen LogP contribution in [0.25, 0.3) is 0 Å². The molecule has 0 saturated heterocycles. The van der Waals surface area contributed by atoms with Crippen LogP contribution in [0.3, 0.4) is 0 Å². The highest BCUT2D eigenvalue weighted by atomic mass is 16.5. The zero-order valence-electron chi connectivity index (χ0n) is 14.6. The fourth-order valence-corrected chi connectivity index (χ4v) is 2.45. The molecule has 0 aliphatic rings. The maximum atomic E-state index is 12.2. The fourth-order valence-electron chi connectivity index (χ4n) is 2.45. The van der Waals surface area contributed by atoms with Crippen molar-refractivity contribution >= 4 is 17.3 Å². The summed E-state index contributed by atoms with van der Waals surface area (Å²) in [5.74, 6) is 1.19. The molecule has 0 aromatic heterocycles. The second-order valence-corrected chi connectivity index (χ2v) is 5.61. The van der Waals surface area contributed by atoms with Gasteiger partial charge < -0.3 is 20.1 Å². The Kier molecular flexibility index (Phi) is 6.07. The monoisotopic (exact) mass is 328 g/mol. The number of carbonyl (C=O) groups is 1. The maximum absolute atomic E-state index is 12.2. The van der Waals surface area contributed by atoms with Crippen molar-refractivity contribution in [2.75, 3.05) is 31.4 Å². The quantitative estimate of drug-likeness (QED) is 0.812. The third-order valence-electron chi connectivity index (χ3n) is 3.73. The third-order valence-corrected chi connectivity index (χ3v) is 3.73. The summed E-state index contributed by atoms with van der Waals surface area (Å²) in [7, 11) is 3.15. The summed E-state index contributed by atoms with van der Waals surface area (Å²) in [6.45, 7) is 4.67. The first kappa shape index (κ1) is 17.7. The average Bonchev–Trinajstić information content (AvgIpc) is 2.56. The van der Waals surface area contributed by atoms with E-state index in [4.69, 9.17) is 9.47 Å². The van der Waals surface area contributed by atoms with Gasteiger partial charge in [0.2, 0.25) is 5.91 Å². The molecule has 2 N–H and O–H groups in total. The minimum atomic E-state index is -0.0844. The Labute approximate surface area is 143 Å². The molecule has 1 amide bonds. The Bertz CT molecular complexity index is 714. The van der Waals surface area contributed by atoms with Crippen molar-refractivity contribution in [3.8, 4) is 11.5 Å². The van der Waals surface area contributed by atoms with E-state index in [2.05, 4.69) is 36.6 Å². The minimum absolute atomic E-state index is 0.0844. The molecule has 24 heavy (non-hydrogen) atoms. The number of benzene rings is 2. The Morgan fingerprint density at radius 3 is 2.46 bits per heavy atom. The molecule has 0 unspecified atom stereocenters. The normalized spacial score (nSPS) is 10.2. The summed E-state index contributed by atoms with van der Waals surface area (Å²) >= 11 is 0. The number of hydrogen-bond donors (Lipinski definition) is 2. The van der Waals surface area contributed by atoms with Crippen LogP contribution in [0.15, 0.2) is 36.4 Å². The molecule has 2 aromatic rings. The molecule has 0 heterocycles. The second kappa shape index (κ2) is 8.24. The van der Waals surface area contributed by atoms with E-state index in [1.54, 1.807) is 32.4 Å². The first-order chi connectivity index (χ1) is 11.5. The number of amides is 1. The van der Waals surface area contributed by atoms with Crippen molar-refractivity contribution in [2.45, 2.75) is 20.3 Å². The number of hydrogen-bond acceptors (Lipinski definition) is 4. The standard InChI is InChI=1S/C19H24N2O3/c1-13-5-7-16(14(2)11-13)20-10-9-19(22)21-17-12-15(23-3)6-8-18(17)24-4/h5-8,11-12,20H,9-10H2,1-4H3,(H,21,22). The SMILES string of the molecule is COc1ccc(OC)c(NC(=O)CCNc2ccc(C)cc2C)c1. The second-order valence-electron chi connectivity index (χ2n) is 5.61. The van der Waals surface area contributed by atoms with E-state index in [1.807, 2.05) is 6.07 Å². The molecular weight excluding hydrogens is 304 g/mol. The van der Waals surface area contributed by atoms with E-state index in [0.717, 1.165) is 5.69 Å². The van der Waals surface area contributed by atoms with E-state index in [-0.39, 0.29) is 5.91 Å². The molecule has 0 aliphatic carbocycles. The molecule has 2 aromatic carbocycles. The van der Waals surface area contributed by atoms with Gasteiger partial charge in [0.15, 0.2) is 0 Å². The summed E-state index contributed by atoms with van der Waals surface area (Å²) in [6, 6.07) is 11.5. The highest BCUT2D eigenvalue weighted by Gasteiger charge is 2.09. The van der Waals surface area contributed by atoms with Crippen LogP contribution in [0.2, 0.25) is 0 Å². The Morgan fingerprint density at radius 1 is 1.00 bits per heavy atom. The lowest BCUT2D eigenvalue weighted by molar-refractivity contribution is -0.116. The lowest BCUT2D eigenvalue weighted by atomic mass is 10.1. The van der Waals surface area contributed by atoms with Crippen LogP contribution in [0.1, 0.15) is 17.5 Å². The van der Waals surface area contributed by atoms with E-state index in [1.165, 1.54) is 11.1 Å². The van der Waals surface area contributed by atoms with E-state index in [0.29, 0.717) is 30.2 Å². The van der Waals surface area contributed by atoms with Gasteiger partial charge >= 0.3 is 0 Å². The van der Waals surface area contributed by atoms with Crippen molar-refractivity contribution in [1.29, 1.82) is 0 Å². The van der Waals surface area contributed by atoms with Crippen LogP contribution in [-0.4, -0.2) is 26.7 Å². The van der Waals surface area contributed by atoms with Gasteiger partial charge in [-0.3, -0.25) is 4.79 Å². The number of anilines is 2. The molecule has 128 valence electrons. The molecule has 0 radical (unpaired) electrons. The minimum Gasteiger partial charge on any atom is -0.497 e. The highest BCUT2D eigenvalue weighted by Crippen LogP contribution is 2.28. The van der Waals surface area contributed by atoms with Crippen molar-refractivity contribution in [3.63, 3.8) is 0 Å². The lowest BCUT2D eigenvalue weighted by Crippen LogP contribution is -2.17. The average molecular weight is 328 g/mol. The largest absolute Gasteiger partial charge is 0.497 e. The zero-order valence-corrected chi connectivity index (χ0v) is 14.6. The first-order valence-electron chi connectivity index (χ1n) is 7.86. The van der Waals surface area contributed by atoms with Crippen LogP contribution in [0.5, 0.6) is 11.5 Å². The summed E-state index contributed by atoms with van der Waals surface area (Å²) in [5.41, 5.74) is 4.05. The Morgan fingerprint density at radius 2 is 1.79 bits per heavy atom. The van der Waals surface area contributed by atoms with Gasteiger partial charge in [0.05, 0.1) is 19.9 Å². The maximum Gasteiger partial charge on any atom is 0.226 e. The van der Waals surface area contributed by atoms with Crippen LogP contribution in [-0.2, 0) is 4.79 Å². The lowest BCUT2D eigenvalue weighted by Gasteiger charge is -2.13. The number of rotatable bonds is 7. The predicted molar refractivity (Wildman–Crippen MR) is 97.2 cm³/mol. The van der Waals surface area contributed by atoms with Gasteiger partial charge in [-0.05, 0) is 37.6 Å². The molecule has 0 atom stereocenters. The van der Waals surface area contributed by atoms with Gasteiger partial charge in [0.25, 0.3) is 0 Å². The zero-order chi connectivity index (χ0) is 17.5. The van der Waals surface area contributed by atoms with Crippen LogP contribution >= 0.6 is 0 Å². The fraction of sp³-hybridized carbons (Fsp3) is 0.316.